The molecular weight excluding hydrogens is 277 g/mol. The minimum absolute atomic E-state index is 0.0182. The van der Waals surface area contributed by atoms with Gasteiger partial charge in [-0.05, 0) is 35.0 Å². The normalized spacial score (nSPS) is 10.2. The monoisotopic (exact) mass is 289 g/mol. The molecule has 1 N–H and O–H groups in total. The minimum Gasteiger partial charge on any atom is -0.395 e. The molecule has 3 nitrogen and oxygen atoms in total. The first kappa shape index (κ1) is 13.1. The summed E-state index contributed by atoms with van der Waals surface area (Å²) < 4.78 is 13.9. The summed E-state index contributed by atoms with van der Waals surface area (Å²) in [6.07, 6.45) is 0. The van der Waals surface area contributed by atoms with Gasteiger partial charge in [0.1, 0.15) is 5.82 Å². The van der Waals surface area contributed by atoms with Crippen molar-refractivity contribution in [1.29, 1.82) is 0 Å². The number of aliphatic hydroxyl groups is 1. The number of aliphatic hydroxyl groups excluding tert-OH is 1. The van der Waals surface area contributed by atoms with Crippen molar-refractivity contribution >= 4 is 21.8 Å². The van der Waals surface area contributed by atoms with Crippen molar-refractivity contribution in [2.24, 2.45) is 0 Å². The van der Waals surface area contributed by atoms with E-state index < -0.39 is 11.7 Å². The Morgan fingerprint density at radius 3 is 2.81 bits per heavy atom. The van der Waals surface area contributed by atoms with Crippen LogP contribution in [0.4, 0.5) is 4.39 Å². The van der Waals surface area contributed by atoms with Crippen LogP contribution in [-0.4, -0.2) is 35.6 Å². The summed E-state index contributed by atoms with van der Waals surface area (Å²) in [7, 11) is 0. The average molecular weight is 290 g/mol. The van der Waals surface area contributed by atoms with Crippen LogP contribution in [0.2, 0.25) is 0 Å². The zero-order valence-electron chi connectivity index (χ0n) is 8.91. The van der Waals surface area contributed by atoms with Gasteiger partial charge in [0.25, 0.3) is 5.91 Å². The topological polar surface area (TPSA) is 40.5 Å². The number of rotatable bonds is 4. The van der Waals surface area contributed by atoms with E-state index in [1.54, 1.807) is 13.0 Å². The van der Waals surface area contributed by atoms with E-state index in [-0.39, 0.29) is 23.2 Å². The predicted molar refractivity (Wildman–Crippen MR) is 62.8 cm³/mol. The molecule has 0 radical (unpaired) electrons. The van der Waals surface area contributed by atoms with Crippen molar-refractivity contribution in [3.05, 3.63) is 34.1 Å². The molecular formula is C11H13BrFNO2. The van der Waals surface area contributed by atoms with Crippen molar-refractivity contribution in [2.75, 3.05) is 19.7 Å². The second-order valence-corrected chi connectivity index (χ2v) is 4.06. The molecule has 0 aliphatic rings. The Hall–Kier alpha value is -0.940. The van der Waals surface area contributed by atoms with Gasteiger partial charge in [-0.15, -0.1) is 0 Å². The number of halogens is 2. The van der Waals surface area contributed by atoms with Crippen LogP contribution < -0.4 is 0 Å². The Morgan fingerprint density at radius 2 is 2.25 bits per heavy atom. The van der Waals surface area contributed by atoms with Gasteiger partial charge in [-0.1, -0.05) is 6.07 Å². The van der Waals surface area contributed by atoms with Gasteiger partial charge in [0.2, 0.25) is 0 Å². The fourth-order valence-corrected chi connectivity index (χ4v) is 1.73. The molecule has 1 rings (SSSR count). The highest BCUT2D eigenvalue weighted by atomic mass is 79.9. The van der Waals surface area contributed by atoms with Crippen molar-refractivity contribution < 1.29 is 14.3 Å². The molecule has 0 aliphatic carbocycles. The smallest absolute Gasteiger partial charge is 0.256 e. The minimum atomic E-state index is -0.566. The molecule has 0 spiro atoms. The quantitative estimate of drug-likeness (QED) is 0.922. The molecule has 1 aromatic rings. The first-order valence-corrected chi connectivity index (χ1v) is 5.75. The number of carbonyl (C=O) groups is 1. The Bertz CT molecular complexity index is 384. The number of benzene rings is 1. The summed E-state index contributed by atoms with van der Waals surface area (Å²) in [5, 5.41) is 8.79. The van der Waals surface area contributed by atoms with Crippen molar-refractivity contribution in [3.63, 3.8) is 0 Å². The van der Waals surface area contributed by atoms with Gasteiger partial charge < -0.3 is 10.0 Å². The van der Waals surface area contributed by atoms with E-state index in [0.29, 0.717) is 6.54 Å². The highest BCUT2D eigenvalue weighted by Crippen LogP contribution is 2.19. The van der Waals surface area contributed by atoms with Gasteiger partial charge in [-0.2, -0.15) is 0 Å². The lowest BCUT2D eigenvalue weighted by Crippen LogP contribution is -2.33. The molecule has 16 heavy (non-hydrogen) atoms. The maximum atomic E-state index is 13.6. The summed E-state index contributed by atoms with van der Waals surface area (Å²) in [5.74, 6) is -0.973. The van der Waals surface area contributed by atoms with Crippen LogP contribution >= 0.6 is 15.9 Å². The van der Waals surface area contributed by atoms with E-state index in [1.165, 1.54) is 17.0 Å². The van der Waals surface area contributed by atoms with E-state index in [0.717, 1.165) is 0 Å². The van der Waals surface area contributed by atoms with Gasteiger partial charge in [-0.25, -0.2) is 4.39 Å². The third-order valence-electron chi connectivity index (χ3n) is 2.22. The zero-order valence-corrected chi connectivity index (χ0v) is 10.5. The number of likely N-dealkylation sites (N-methyl/N-ethyl adjacent to an activating group) is 1. The van der Waals surface area contributed by atoms with Crippen LogP contribution in [0, 0.1) is 5.82 Å². The molecule has 0 saturated carbocycles. The summed E-state index contributed by atoms with van der Waals surface area (Å²) in [4.78, 5) is 13.3. The molecule has 0 aliphatic heterocycles. The van der Waals surface area contributed by atoms with Crippen LogP contribution in [0.5, 0.6) is 0 Å². The van der Waals surface area contributed by atoms with Gasteiger partial charge in [0.05, 0.1) is 16.6 Å². The summed E-state index contributed by atoms with van der Waals surface area (Å²) >= 11 is 3.03. The first-order chi connectivity index (χ1) is 7.61. The number of nitrogens with zero attached hydrogens (tertiary/aromatic N) is 1. The van der Waals surface area contributed by atoms with E-state index in [2.05, 4.69) is 15.9 Å². The molecule has 0 atom stereocenters. The molecule has 5 heteroatoms. The molecule has 0 unspecified atom stereocenters. The van der Waals surface area contributed by atoms with Crippen LogP contribution in [0.15, 0.2) is 22.7 Å². The maximum Gasteiger partial charge on any atom is 0.256 e. The fraction of sp³-hybridized carbons (Fsp3) is 0.364. The van der Waals surface area contributed by atoms with Crippen LogP contribution in [0.25, 0.3) is 0 Å². The Morgan fingerprint density at radius 1 is 1.56 bits per heavy atom. The zero-order chi connectivity index (χ0) is 12.1. The van der Waals surface area contributed by atoms with Crippen LogP contribution in [0.1, 0.15) is 17.3 Å². The Kier molecular flexibility index (Phi) is 4.89. The second kappa shape index (κ2) is 5.96. The summed E-state index contributed by atoms with van der Waals surface area (Å²) in [6, 6.07) is 4.57. The van der Waals surface area contributed by atoms with Gasteiger partial charge in [0, 0.05) is 13.1 Å². The molecule has 0 saturated heterocycles. The predicted octanol–water partition coefficient (Wildman–Crippen LogP) is 2.04. The van der Waals surface area contributed by atoms with Crippen LogP contribution in [-0.2, 0) is 0 Å². The number of hydrogen-bond donors (Lipinski definition) is 1. The van der Waals surface area contributed by atoms with E-state index in [9.17, 15) is 9.18 Å². The molecule has 0 aromatic heterocycles. The summed E-state index contributed by atoms with van der Waals surface area (Å²) in [5.41, 5.74) is 0.0182. The molecule has 1 amide bonds. The third kappa shape index (κ3) is 2.80. The molecule has 0 heterocycles. The van der Waals surface area contributed by atoms with Crippen molar-refractivity contribution in [2.45, 2.75) is 6.92 Å². The third-order valence-corrected chi connectivity index (χ3v) is 2.83. The Balaban J connectivity index is 2.99. The van der Waals surface area contributed by atoms with E-state index in [1.807, 2.05) is 0 Å². The lowest BCUT2D eigenvalue weighted by Gasteiger charge is -2.20. The largest absolute Gasteiger partial charge is 0.395 e. The maximum absolute atomic E-state index is 13.6. The molecule has 88 valence electrons. The van der Waals surface area contributed by atoms with Gasteiger partial charge in [0.15, 0.2) is 0 Å². The lowest BCUT2D eigenvalue weighted by molar-refractivity contribution is 0.0727. The van der Waals surface area contributed by atoms with Crippen LogP contribution in [0.3, 0.4) is 0 Å². The highest BCUT2D eigenvalue weighted by Gasteiger charge is 2.18. The van der Waals surface area contributed by atoms with Gasteiger partial charge in [-0.3, -0.25) is 4.79 Å². The van der Waals surface area contributed by atoms with Gasteiger partial charge >= 0.3 is 0 Å². The van der Waals surface area contributed by atoms with E-state index >= 15 is 0 Å². The second-order valence-electron chi connectivity index (χ2n) is 3.21. The highest BCUT2D eigenvalue weighted by molar-refractivity contribution is 9.10. The lowest BCUT2D eigenvalue weighted by atomic mass is 10.2. The number of hydrogen-bond acceptors (Lipinski definition) is 2. The number of carbonyl (C=O) groups excluding carboxylic acids is 1. The van der Waals surface area contributed by atoms with E-state index in [4.69, 9.17) is 5.11 Å². The van der Waals surface area contributed by atoms with Crippen molar-refractivity contribution in [1.82, 2.24) is 4.90 Å². The molecule has 0 bridgehead atoms. The molecule has 0 fully saturated rings. The standard InChI is InChI=1S/C11H13BrFNO2/c1-2-14(6-7-15)11(16)8-4-3-5-9(12)10(8)13/h3-5,15H,2,6-7H2,1H3. The SMILES string of the molecule is CCN(CCO)C(=O)c1cccc(Br)c1F. The fourth-order valence-electron chi connectivity index (χ4n) is 1.36. The average Bonchev–Trinajstić information content (AvgIpc) is 2.29. The number of amides is 1. The summed E-state index contributed by atoms with van der Waals surface area (Å²) in [6.45, 7) is 2.30. The van der Waals surface area contributed by atoms with Crippen molar-refractivity contribution in [3.8, 4) is 0 Å². The Labute approximate surface area is 102 Å². The molecule has 1 aromatic carbocycles. The first-order valence-electron chi connectivity index (χ1n) is 4.96.